The van der Waals surface area contributed by atoms with E-state index >= 15 is 0 Å². The molecule has 158 valence electrons. The molecule has 0 aliphatic rings. The Hall–Kier alpha value is -3.12. The van der Waals surface area contributed by atoms with Gasteiger partial charge in [-0.3, -0.25) is 9.69 Å². The molecule has 1 heterocycles. The molecule has 3 nitrogen and oxygen atoms in total. The Morgan fingerprint density at radius 3 is 2.39 bits per heavy atom. The minimum atomic E-state index is -0.728. The van der Waals surface area contributed by atoms with Gasteiger partial charge in [0.25, 0.3) is 0 Å². The first-order valence-electron chi connectivity index (χ1n) is 10.1. The average molecular weight is 437 g/mol. The van der Waals surface area contributed by atoms with Gasteiger partial charge in [-0.2, -0.15) is 0 Å². The van der Waals surface area contributed by atoms with E-state index in [1.165, 1.54) is 11.6 Å². The van der Waals surface area contributed by atoms with E-state index in [0.717, 1.165) is 28.5 Å². The molecular weight excluding hydrogens is 414 g/mol. The smallest absolute Gasteiger partial charge is 0.233 e. The van der Waals surface area contributed by atoms with E-state index in [0.29, 0.717) is 22.3 Å². The first kappa shape index (κ1) is 21.1. The van der Waals surface area contributed by atoms with Crippen LogP contribution in [0.15, 0.2) is 66.7 Å². The zero-order valence-electron chi connectivity index (χ0n) is 17.3. The highest BCUT2D eigenvalue weighted by Crippen LogP contribution is 2.32. The molecule has 0 unspecified atom stereocenters. The lowest BCUT2D eigenvalue weighted by Crippen LogP contribution is -2.31. The van der Waals surface area contributed by atoms with Gasteiger partial charge in [0.2, 0.25) is 5.91 Å². The summed E-state index contributed by atoms with van der Waals surface area (Å²) >= 11 is 1.11. The van der Waals surface area contributed by atoms with Crippen LogP contribution in [0.1, 0.15) is 36.5 Å². The van der Waals surface area contributed by atoms with Gasteiger partial charge in [-0.1, -0.05) is 79.8 Å². The van der Waals surface area contributed by atoms with Crippen molar-refractivity contribution >= 4 is 32.6 Å². The second-order valence-electron chi connectivity index (χ2n) is 7.77. The zero-order chi connectivity index (χ0) is 22.0. The molecule has 0 bridgehead atoms. The number of fused-ring (bicyclic) bond motifs is 1. The lowest BCUT2D eigenvalue weighted by atomic mass is 10.0. The second-order valence-corrected chi connectivity index (χ2v) is 8.78. The van der Waals surface area contributed by atoms with Crippen molar-refractivity contribution in [1.82, 2.24) is 4.98 Å². The molecule has 0 saturated heterocycles. The van der Waals surface area contributed by atoms with Gasteiger partial charge in [-0.15, -0.1) is 0 Å². The van der Waals surface area contributed by atoms with Gasteiger partial charge < -0.3 is 0 Å². The third-order valence-corrected chi connectivity index (χ3v) is 6.14. The number of carbonyl (C=O) groups is 1. The monoisotopic (exact) mass is 436 g/mol. The van der Waals surface area contributed by atoms with Crippen LogP contribution in [0.3, 0.4) is 0 Å². The van der Waals surface area contributed by atoms with Crippen LogP contribution in [0.5, 0.6) is 0 Å². The van der Waals surface area contributed by atoms with E-state index in [1.54, 1.807) is 4.90 Å². The standard InChI is InChI=1S/C25H22F2N2OS/c1-16(2)19-10-8-17(9-11-19)12-23(30)29(15-18-6-4-3-5-7-18)25-28-24-21(27)13-20(26)14-22(24)31-25/h3-11,13-14,16H,12,15H2,1-2H3. The van der Waals surface area contributed by atoms with E-state index < -0.39 is 11.6 Å². The summed E-state index contributed by atoms with van der Waals surface area (Å²) in [5.74, 6) is -1.13. The van der Waals surface area contributed by atoms with Crippen molar-refractivity contribution in [1.29, 1.82) is 0 Å². The Balaban J connectivity index is 1.67. The highest BCUT2D eigenvalue weighted by atomic mass is 32.1. The third-order valence-electron chi connectivity index (χ3n) is 5.12. The molecule has 0 spiro atoms. The highest BCUT2D eigenvalue weighted by molar-refractivity contribution is 7.22. The summed E-state index contributed by atoms with van der Waals surface area (Å²) in [5, 5.41) is 0.354. The minimum absolute atomic E-state index is 0.0774. The Kier molecular flexibility index (Phi) is 6.09. The van der Waals surface area contributed by atoms with E-state index in [-0.39, 0.29) is 17.8 Å². The normalized spacial score (nSPS) is 11.3. The quantitative estimate of drug-likeness (QED) is 0.347. The van der Waals surface area contributed by atoms with Gasteiger partial charge in [0, 0.05) is 6.07 Å². The fourth-order valence-electron chi connectivity index (χ4n) is 3.38. The first-order chi connectivity index (χ1) is 14.9. The molecule has 1 aromatic heterocycles. The number of halogens is 2. The minimum Gasteiger partial charge on any atom is -0.283 e. The summed E-state index contributed by atoms with van der Waals surface area (Å²) in [5.41, 5.74) is 3.11. The van der Waals surface area contributed by atoms with Crippen molar-refractivity contribution in [2.75, 3.05) is 4.90 Å². The molecule has 0 N–H and O–H groups in total. The van der Waals surface area contributed by atoms with E-state index in [1.807, 2.05) is 54.6 Å². The molecule has 4 aromatic rings. The van der Waals surface area contributed by atoms with E-state index in [2.05, 4.69) is 18.8 Å². The second kappa shape index (κ2) is 8.94. The number of hydrogen-bond acceptors (Lipinski definition) is 3. The Bertz CT molecular complexity index is 1200. The van der Waals surface area contributed by atoms with Crippen LogP contribution in [0.25, 0.3) is 10.2 Å². The van der Waals surface area contributed by atoms with Gasteiger partial charge in [0.15, 0.2) is 10.9 Å². The van der Waals surface area contributed by atoms with Crippen LogP contribution in [0.2, 0.25) is 0 Å². The van der Waals surface area contributed by atoms with Gasteiger partial charge in [0.1, 0.15) is 11.3 Å². The van der Waals surface area contributed by atoms with Crippen molar-refractivity contribution in [2.24, 2.45) is 0 Å². The van der Waals surface area contributed by atoms with Crippen molar-refractivity contribution < 1.29 is 13.6 Å². The van der Waals surface area contributed by atoms with Crippen molar-refractivity contribution in [3.05, 3.63) is 95.1 Å². The zero-order valence-corrected chi connectivity index (χ0v) is 18.1. The fraction of sp³-hybridized carbons (Fsp3) is 0.200. The third kappa shape index (κ3) is 4.80. The molecule has 1 amide bonds. The molecule has 0 fully saturated rings. The molecule has 6 heteroatoms. The number of rotatable bonds is 6. The lowest BCUT2D eigenvalue weighted by Gasteiger charge is -2.20. The SMILES string of the molecule is CC(C)c1ccc(CC(=O)N(Cc2ccccc2)c2nc3c(F)cc(F)cc3s2)cc1. The lowest BCUT2D eigenvalue weighted by molar-refractivity contribution is -0.118. The molecular formula is C25H22F2N2OS. The summed E-state index contributed by atoms with van der Waals surface area (Å²) < 4.78 is 28.2. The van der Waals surface area contributed by atoms with Gasteiger partial charge in [-0.05, 0) is 28.7 Å². The van der Waals surface area contributed by atoms with E-state index in [9.17, 15) is 13.6 Å². The highest BCUT2D eigenvalue weighted by Gasteiger charge is 2.22. The summed E-state index contributed by atoms with van der Waals surface area (Å²) in [6, 6.07) is 19.6. The van der Waals surface area contributed by atoms with Crippen LogP contribution in [-0.2, 0) is 17.8 Å². The maximum Gasteiger partial charge on any atom is 0.233 e. The van der Waals surface area contributed by atoms with Crippen LogP contribution in [0.4, 0.5) is 13.9 Å². The van der Waals surface area contributed by atoms with Crippen molar-refractivity contribution in [3.8, 4) is 0 Å². The van der Waals surface area contributed by atoms with Crippen LogP contribution in [0, 0.1) is 11.6 Å². The topological polar surface area (TPSA) is 33.2 Å². The fourth-order valence-corrected chi connectivity index (χ4v) is 4.40. The van der Waals surface area contributed by atoms with Crippen molar-refractivity contribution in [2.45, 2.75) is 32.7 Å². The van der Waals surface area contributed by atoms with Gasteiger partial charge >= 0.3 is 0 Å². The van der Waals surface area contributed by atoms with Gasteiger partial charge in [0.05, 0.1) is 17.7 Å². The molecule has 0 atom stereocenters. The Labute approximate surface area is 184 Å². The summed E-state index contributed by atoms with van der Waals surface area (Å²) in [7, 11) is 0. The number of anilines is 1. The average Bonchev–Trinajstić information content (AvgIpc) is 3.17. The number of benzene rings is 3. The molecule has 0 radical (unpaired) electrons. The van der Waals surface area contributed by atoms with Gasteiger partial charge in [-0.25, -0.2) is 13.8 Å². The molecule has 0 aliphatic carbocycles. The summed E-state index contributed by atoms with van der Waals surface area (Å²) in [4.78, 5) is 19.2. The van der Waals surface area contributed by atoms with Crippen LogP contribution >= 0.6 is 11.3 Å². The number of nitrogens with zero attached hydrogens (tertiary/aromatic N) is 2. The molecule has 4 rings (SSSR count). The predicted octanol–water partition coefficient (Wildman–Crippen LogP) is 6.47. The number of thiazole rings is 1. The first-order valence-corrected chi connectivity index (χ1v) is 10.9. The Morgan fingerprint density at radius 2 is 1.71 bits per heavy atom. The van der Waals surface area contributed by atoms with E-state index in [4.69, 9.17) is 0 Å². The molecule has 3 aromatic carbocycles. The predicted molar refractivity (Wildman–Crippen MR) is 121 cm³/mol. The number of hydrogen-bond donors (Lipinski definition) is 0. The summed E-state index contributed by atoms with van der Waals surface area (Å²) in [6.45, 7) is 4.54. The molecule has 31 heavy (non-hydrogen) atoms. The molecule has 0 saturated carbocycles. The number of amides is 1. The maximum atomic E-state index is 14.2. The Morgan fingerprint density at radius 1 is 1.00 bits per heavy atom. The summed E-state index contributed by atoms with van der Waals surface area (Å²) in [6.07, 6.45) is 0.192. The number of carbonyl (C=O) groups excluding carboxylic acids is 1. The van der Waals surface area contributed by atoms with Crippen molar-refractivity contribution in [3.63, 3.8) is 0 Å². The largest absolute Gasteiger partial charge is 0.283 e. The van der Waals surface area contributed by atoms with Crippen LogP contribution < -0.4 is 4.90 Å². The maximum absolute atomic E-state index is 14.2. The van der Waals surface area contributed by atoms with Crippen LogP contribution in [-0.4, -0.2) is 10.9 Å². The number of aromatic nitrogens is 1. The molecule has 0 aliphatic heterocycles.